The normalized spacial score (nSPS) is 21.3. The molecule has 0 aromatic rings. The van der Waals surface area contributed by atoms with Gasteiger partial charge in [0.05, 0.1) is 11.7 Å². The van der Waals surface area contributed by atoms with Crippen molar-refractivity contribution in [1.29, 1.82) is 0 Å². The third-order valence-electron chi connectivity index (χ3n) is 1.72. The van der Waals surface area contributed by atoms with E-state index >= 15 is 0 Å². The maximum absolute atomic E-state index is 11.6. The van der Waals surface area contributed by atoms with Crippen LogP contribution in [-0.4, -0.2) is 33.3 Å². The summed E-state index contributed by atoms with van der Waals surface area (Å²) in [6.07, 6.45) is 0.106. The number of rotatable bonds is 3. The van der Waals surface area contributed by atoms with E-state index in [2.05, 4.69) is 4.84 Å². The van der Waals surface area contributed by atoms with Crippen molar-refractivity contribution in [1.82, 2.24) is 5.06 Å². The number of carbonyl (C=O) groups excluding carboxylic acids is 3. The Morgan fingerprint density at radius 3 is 2.60 bits per heavy atom. The van der Waals surface area contributed by atoms with E-state index in [1.807, 2.05) is 13.8 Å². The first kappa shape index (κ1) is 12.0. The minimum Gasteiger partial charge on any atom is -0.331 e. The summed E-state index contributed by atoms with van der Waals surface area (Å²) in [6, 6.07) is 0. The van der Waals surface area contributed by atoms with E-state index in [0.717, 1.165) is 6.92 Å². The third kappa shape index (κ3) is 2.95. The molecule has 5 nitrogen and oxygen atoms in total. The molecule has 2 amide bonds. The van der Waals surface area contributed by atoms with E-state index in [9.17, 15) is 14.4 Å². The Kier molecular flexibility index (Phi) is 3.73. The molecule has 1 heterocycles. The molecule has 0 aromatic heterocycles. The van der Waals surface area contributed by atoms with Crippen molar-refractivity contribution in [3.63, 3.8) is 0 Å². The average Bonchev–Trinajstić information content (AvgIpc) is 2.31. The number of imide groups is 1. The van der Waals surface area contributed by atoms with Crippen LogP contribution in [0.25, 0.3) is 0 Å². The van der Waals surface area contributed by atoms with Gasteiger partial charge < -0.3 is 4.84 Å². The summed E-state index contributed by atoms with van der Waals surface area (Å²) in [6.45, 7) is 5.04. The third-order valence-corrected chi connectivity index (χ3v) is 2.96. The van der Waals surface area contributed by atoms with Crippen molar-refractivity contribution < 1.29 is 19.2 Å². The van der Waals surface area contributed by atoms with Crippen LogP contribution in [0.5, 0.6) is 0 Å². The molecule has 1 atom stereocenters. The number of amides is 2. The van der Waals surface area contributed by atoms with Crippen LogP contribution >= 0.6 is 11.8 Å². The summed E-state index contributed by atoms with van der Waals surface area (Å²) < 4.78 is 0. The van der Waals surface area contributed by atoms with Crippen molar-refractivity contribution in [2.75, 3.05) is 0 Å². The van der Waals surface area contributed by atoms with Gasteiger partial charge in [0.1, 0.15) is 0 Å². The second-order valence-electron chi connectivity index (χ2n) is 3.49. The van der Waals surface area contributed by atoms with Crippen LogP contribution in [0.4, 0.5) is 0 Å². The Morgan fingerprint density at radius 1 is 1.53 bits per heavy atom. The maximum atomic E-state index is 11.6. The van der Waals surface area contributed by atoms with Crippen LogP contribution in [0, 0.1) is 0 Å². The van der Waals surface area contributed by atoms with Crippen LogP contribution in [0.3, 0.4) is 0 Å². The standard InChI is InChI=1S/C9H13NO4S/c1-5(2)15-7-4-8(12)10(9(7)13)14-6(3)11/h5,7H,4H2,1-3H3. The quantitative estimate of drug-likeness (QED) is 0.670. The predicted molar refractivity (Wildman–Crippen MR) is 54.8 cm³/mol. The summed E-state index contributed by atoms with van der Waals surface area (Å²) in [5.74, 6) is -1.55. The zero-order valence-electron chi connectivity index (χ0n) is 8.85. The maximum Gasteiger partial charge on any atom is 0.330 e. The Bertz CT molecular complexity index is 302. The Hall–Kier alpha value is -1.04. The van der Waals surface area contributed by atoms with Gasteiger partial charge in [0.25, 0.3) is 11.8 Å². The van der Waals surface area contributed by atoms with Crippen LogP contribution in [-0.2, 0) is 19.2 Å². The second-order valence-corrected chi connectivity index (χ2v) is 5.27. The first-order chi connectivity index (χ1) is 6.91. The highest BCUT2D eigenvalue weighted by atomic mass is 32.2. The molecule has 1 rings (SSSR count). The van der Waals surface area contributed by atoms with Gasteiger partial charge in [-0.25, -0.2) is 4.79 Å². The first-order valence-corrected chi connectivity index (χ1v) is 5.57. The number of carbonyl (C=O) groups is 3. The molecule has 0 aliphatic carbocycles. The lowest BCUT2D eigenvalue weighted by atomic mass is 10.4. The van der Waals surface area contributed by atoms with Gasteiger partial charge in [0, 0.05) is 6.92 Å². The smallest absolute Gasteiger partial charge is 0.330 e. The Balaban J connectivity index is 2.66. The van der Waals surface area contributed by atoms with E-state index < -0.39 is 23.0 Å². The molecular weight excluding hydrogens is 218 g/mol. The largest absolute Gasteiger partial charge is 0.331 e. The highest BCUT2D eigenvalue weighted by Gasteiger charge is 2.41. The van der Waals surface area contributed by atoms with Crippen molar-refractivity contribution in [2.24, 2.45) is 0 Å². The molecule has 0 radical (unpaired) electrons. The molecule has 1 aliphatic rings. The zero-order valence-corrected chi connectivity index (χ0v) is 9.67. The van der Waals surface area contributed by atoms with Gasteiger partial charge in [-0.1, -0.05) is 13.8 Å². The van der Waals surface area contributed by atoms with Crippen LogP contribution in [0.15, 0.2) is 0 Å². The fraction of sp³-hybridized carbons (Fsp3) is 0.667. The predicted octanol–water partition coefficient (Wildman–Crippen LogP) is 0.734. The number of hydrogen-bond donors (Lipinski definition) is 0. The minimum absolute atomic E-state index is 0.106. The molecule has 1 unspecified atom stereocenters. The van der Waals surface area contributed by atoms with Crippen molar-refractivity contribution in [3.05, 3.63) is 0 Å². The lowest BCUT2D eigenvalue weighted by Gasteiger charge is -2.13. The lowest BCUT2D eigenvalue weighted by Crippen LogP contribution is -2.33. The van der Waals surface area contributed by atoms with E-state index in [1.54, 1.807) is 0 Å². The van der Waals surface area contributed by atoms with E-state index in [4.69, 9.17) is 0 Å². The number of nitrogens with zero attached hydrogens (tertiary/aromatic N) is 1. The van der Waals surface area contributed by atoms with E-state index in [-0.39, 0.29) is 11.7 Å². The fourth-order valence-electron chi connectivity index (χ4n) is 1.24. The van der Waals surface area contributed by atoms with Crippen LogP contribution in [0.1, 0.15) is 27.2 Å². The molecule has 0 aromatic carbocycles. The molecule has 0 saturated carbocycles. The molecule has 0 spiro atoms. The summed E-state index contributed by atoms with van der Waals surface area (Å²) in [7, 11) is 0. The van der Waals surface area contributed by atoms with Crippen molar-refractivity contribution in [2.45, 2.75) is 37.7 Å². The van der Waals surface area contributed by atoms with Gasteiger partial charge in [-0.15, -0.1) is 16.8 Å². The van der Waals surface area contributed by atoms with Crippen molar-refractivity contribution in [3.8, 4) is 0 Å². The minimum atomic E-state index is -0.660. The second kappa shape index (κ2) is 4.65. The Morgan fingerprint density at radius 2 is 2.13 bits per heavy atom. The summed E-state index contributed by atoms with van der Waals surface area (Å²) in [5.41, 5.74) is 0. The molecule has 0 bridgehead atoms. The van der Waals surface area contributed by atoms with Gasteiger partial charge in [-0.05, 0) is 5.25 Å². The molecule has 1 fully saturated rings. The number of hydrogen-bond acceptors (Lipinski definition) is 5. The average molecular weight is 231 g/mol. The SMILES string of the molecule is CC(=O)ON1C(=O)CC(SC(C)C)C1=O. The van der Waals surface area contributed by atoms with Gasteiger partial charge >= 0.3 is 5.97 Å². The molecule has 15 heavy (non-hydrogen) atoms. The van der Waals surface area contributed by atoms with Gasteiger partial charge in [0.15, 0.2) is 0 Å². The van der Waals surface area contributed by atoms with Gasteiger partial charge in [0.2, 0.25) is 0 Å². The van der Waals surface area contributed by atoms with E-state index in [1.165, 1.54) is 11.8 Å². The highest BCUT2D eigenvalue weighted by Crippen LogP contribution is 2.28. The Labute approximate surface area is 92.1 Å². The molecule has 84 valence electrons. The highest BCUT2D eigenvalue weighted by molar-refractivity contribution is 8.01. The fourth-order valence-corrected chi connectivity index (χ4v) is 2.35. The number of thioether (sulfide) groups is 1. The topological polar surface area (TPSA) is 63.7 Å². The number of hydroxylamine groups is 2. The molecule has 0 N–H and O–H groups in total. The lowest BCUT2D eigenvalue weighted by molar-refractivity contribution is -0.195. The monoisotopic (exact) mass is 231 g/mol. The van der Waals surface area contributed by atoms with Gasteiger partial charge in [-0.3, -0.25) is 9.59 Å². The molecule has 1 saturated heterocycles. The van der Waals surface area contributed by atoms with E-state index in [0.29, 0.717) is 5.06 Å². The molecule has 1 aliphatic heterocycles. The molecular formula is C9H13NO4S. The summed E-state index contributed by atoms with van der Waals surface area (Å²) in [4.78, 5) is 38.1. The summed E-state index contributed by atoms with van der Waals surface area (Å²) >= 11 is 1.40. The van der Waals surface area contributed by atoms with Gasteiger partial charge in [-0.2, -0.15) is 0 Å². The first-order valence-electron chi connectivity index (χ1n) is 4.62. The summed E-state index contributed by atoms with van der Waals surface area (Å²) in [5, 5.41) is 0.406. The molecule has 6 heteroatoms. The zero-order chi connectivity index (χ0) is 11.6. The van der Waals surface area contributed by atoms with Crippen molar-refractivity contribution >= 4 is 29.5 Å². The van der Waals surface area contributed by atoms with Crippen LogP contribution in [0.2, 0.25) is 0 Å². The van der Waals surface area contributed by atoms with Crippen LogP contribution < -0.4 is 0 Å².